The molecule has 8 nitrogen and oxygen atoms in total. The summed E-state index contributed by atoms with van der Waals surface area (Å²) < 4.78 is 3.09. The second-order valence-corrected chi connectivity index (χ2v) is 4.73. The number of anilines is 2. The highest BCUT2D eigenvalue weighted by atomic mass is 15.4. The highest BCUT2D eigenvalue weighted by Crippen LogP contribution is 2.26. The van der Waals surface area contributed by atoms with Crippen LogP contribution in [0.15, 0.2) is 48.8 Å². The first kappa shape index (κ1) is 12.3. The van der Waals surface area contributed by atoms with Crippen LogP contribution < -0.4 is 11.5 Å². The van der Waals surface area contributed by atoms with Crippen LogP contribution in [0.5, 0.6) is 0 Å². The van der Waals surface area contributed by atoms with Crippen LogP contribution in [0.2, 0.25) is 0 Å². The third-order valence-electron chi connectivity index (χ3n) is 3.39. The highest BCUT2D eigenvalue weighted by molar-refractivity contribution is 5.93. The number of hydrogen-bond acceptors (Lipinski definition) is 6. The minimum Gasteiger partial charge on any atom is -0.384 e. The van der Waals surface area contributed by atoms with Crippen molar-refractivity contribution in [1.29, 1.82) is 0 Å². The van der Waals surface area contributed by atoms with Gasteiger partial charge in [-0.25, -0.2) is 0 Å². The zero-order chi connectivity index (χ0) is 15.1. The lowest BCUT2D eigenvalue weighted by Gasteiger charge is -2.10. The Kier molecular flexibility index (Phi) is 2.55. The maximum absolute atomic E-state index is 5.92. The predicted octanol–water partition coefficient (Wildman–Crippen LogP) is 1.17. The second kappa shape index (κ2) is 4.55. The zero-order valence-electron chi connectivity index (χ0n) is 11.5. The van der Waals surface area contributed by atoms with Crippen molar-refractivity contribution < 1.29 is 0 Å². The normalized spacial score (nSPS) is 11.1. The Morgan fingerprint density at radius 2 is 1.14 bits per heavy atom. The van der Waals surface area contributed by atoms with Gasteiger partial charge in [-0.1, -0.05) is 24.3 Å². The molecule has 0 saturated carbocycles. The fourth-order valence-electron chi connectivity index (χ4n) is 2.37. The minimum atomic E-state index is 0.491. The summed E-state index contributed by atoms with van der Waals surface area (Å²) in [4.78, 5) is 0. The molecule has 22 heavy (non-hydrogen) atoms. The van der Waals surface area contributed by atoms with E-state index in [4.69, 9.17) is 11.5 Å². The summed E-state index contributed by atoms with van der Waals surface area (Å²) in [6, 6.07) is 11.1. The van der Waals surface area contributed by atoms with Crippen molar-refractivity contribution in [3.05, 3.63) is 48.8 Å². The fourth-order valence-corrected chi connectivity index (χ4v) is 2.37. The van der Waals surface area contributed by atoms with E-state index in [0.29, 0.717) is 23.3 Å². The summed E-state index contributed by atoms with van der Waals surface area (Å²) in [6.07, 6.45) is 3.23. The molecule has 0 aliphatic carbocycles. The summed E-state index contributed by atoms with van der Waals surface area (Å²) >= 11 is 0. The monoisotopic (exact) mass is 292 g/mol. The van der Waals surface area contributed by atoms with Gasteiger partial charge in [0.1, 0.15) is 11.6 Å². The molecular formula is C14H12N8. The van der Waals surface area contributed by atoms with Crippen molar-refractivity contribution in [1.82, 2.24) is 29.8 Å². The third kappa shape index (κ3) is 1.71. The molecule has 3 aromatic heterocycles. The van der Waals surface area contributed by atoms with Crippen LogP contribution in [0.3, 0.4) is 0 Å². The van der Waals surface area contributed by atoms with Crippen molar-refractivity contribution in [2.45, 2.75) is 0 Å². The first-order valence-electron chi connectivity index (χ1n) is 6.61. The van der Waals surface area contributed by atoms with Gasteiger partial charge in [-0.15, -0.1) is 10.2 Å². The van der Waals surface area contributed by atoms with E-state index in [1.54, 1.807) is 33.9 Å². The van der Waals surface area contributed by atoms with E-state index in [-0.39, 0.29) is 0 Å². The molecule has 0 saturated heterocycles. The Hall–Kier alpha value is -3.42. The summed E-state index contributed by atoms with van der Waals surface area (Å²) in [5.41, 5.74) is 11.8. The average Bonchev–Trinajstić information content (AvgIpc) is 3.15. The van der Waals surface area contributed by atoms with E-state index in [2.05, 4.69) is 20.4 Å². The van der Waals surface area contributed by atoms with Gasteiger partial charge in [0.15, 0.2) is 11.6 Å². The van der Waals surface area contributed by atoms with Crippen molar-refractivity contribution in [3.63, 3.8) is 0 Å². The van der Waals surface area contributed by atoms with E-state index in [9.17, 15) is 0 Å². The largest absolute Gasteiger partial charge is 0.384 e. The summed E-state index contributed by atoms with van der Waals surface area (Å²) in [5, 5.41) is 18.6. The summed E-state index contributed by atoms with van der Waals surface area (Å²) in [7, 11) is 0. The fraction of sp³-hybridized carbons (Fsp3) is 0. The predicted molar refractivity (Wildman–Crippen MR) is 82.6 cm³/mol. The summed E-state index contributed by atoms with van der Waals surface area (Å²) in [6.45, 7) is 0. The lowest BCUT2D eigenvalue weighted by molar-refractivity contribution is 0.795. The molecule has 8 heteroatoms. The van der Waals surface area contributed by atoms with Gasteiger partial charge in [-0.05, 0) is 0 Å². The third-order valence-corrected chi connectivity index (χ3v) is 3.39. The SMILES string of the molecule is Nc1ccnn1-c1nnc(-n2nccc2N)c2ccccc12. The second-order valence-electron chi connectivity index (χ2n) is 4.73. The number of benzene rings is 1. The van der Waals surface area contributed by atoms with Gasteiger partial charge < -0.3 is 11.5 Å². The van der Waals surface area contributed by atoms with E-state index in [1.165, 1.54) is 0 Å². The van der Waals surface area contributed by atoms with Crippen LogP contribution in [-0.4, -0.2) is 29.8 Å². The maximum Gasteiger partial charge on any atom is 0.185 e. The quantitative estimate of drug-likeness (QED) is 0.573. The van der Waals surface area contributed by atoms with Crippen molar-refractivity contribution in [2.75, 3.05) is 11.5 Å². The number of aromatic nitrogens is 6. The Morgan fingerprint density at radius 3 is 1.50 bits per heavy atom. The molecule has 0 unspecified atom stereocenters. The van der Waals surface area contributed by atoms with Crippen LogP contribution in [0.4, 0.5) is 11.6 Å². The molecule has 1 aromatic carbocycles. The van der Waals surface area contributed by atoms with E-state index >= 15 is 0 Å². The van der Waals surface area contributed by atoms with Crippen LogP contribution in [0.1, 0.15) is 0 Å². The maximum atomic E-state index is 5.92. The molecule has 0 amide bonds. The molecular weight excluding hydrogens is 280 g/mol. The molecule has 108 valence electrons. The molecule has 0 aliphatic heterocycles. The molecule has 4 rings (SSSR count). The molecule has 0 bridgehead atoms. The molecule has 0 atom stereocenters. The standard InChI is InChI=1S/C14H12N8/c15-11-5-7-17-21(11)13-9-3-1-2-4-10(9)14(20-19-13)22-12(16)6-8-18-22/h1-8H,15-16H2. The van der Waals surface area contributed by atoms with Crippen LogP contribution >= 0.6 is 0 Å². The Bertz CT molecular complexity index is 889. The first-order valence-corrected chi connectivity index (χ1v) is 6.61. The Morgan fingerprint density at radius 1 is 0.682 bits per heavy atom. The van der Waals surface area contributed by atoms with E-state index in [0.717, 1.165) is 10.8 Å². The first-order chi connectivity index (χ1) is 10.8. The minimum absolute atomic E-state index is 0.491. The van der Waals surface area contributed by atoms with Gasteiger partial charge in [0.2, 0.25) is 0 Å². The molecule has 0 spiro atoms. The average molecular weight is 292 g/mol. The van der Waals surface area contributed by atoms with Gasteiger partial charge >= 0.3 is 0 Å². The van der Waals surface area contributed by atoms with Crippen molar-refractivity contribution in [3.8, 4) is 11.6 Å². The van der Waals surface area contributed by atoms with E-state index < -0.39 is 0 Å². The molecule has 0 radical (unpaired) electrons. The molecule has 0 fully saturated rings. The number of rotatable bonds is 2. The molecule has 0 aliphatic rings. The lowest BCUT2D eigenvalue weighted by atomic mass is 10.1. The number of hydrogen-bond donors (Lipinski definition) is 2. The van der Waals surface area contributed by atoms with Gasteiger partial charge in [0.25, 0.3) is 0 Å². The Balaban J connectivity index is 2.05. The van der Waals surface area contributed by atoms with Gasteiger partial charge in [0, 0.05) is 22.9 Å². The lowest BCUT2D eigenvalue weighted by Crippen LogP contribution is -2.10. The molecule has 3 heterocycles. The molecule has 4 N–H and O–H groups in total. The number of fused-ring (bicyclic) bond motifs is 1. The highest BCUT2D eigenvalue weighted by Gasteiger charge is 2.15. The van der Waals surface area contributed by atoms with E-state index in [1.807, 2.05) is 24.3 Å². The smallest absolute Gasteiger partial charge is 0.185 e. The van der Waals surface area contributed by atoms with Gasteiger partial charge in [-0.2, -0.15) is 19.6 Å². The van der Waals surface area contributed by atoms with Crippen molar-refractivity contribution in [2.24, 2.45) is 0 Å². The number of nitrogen functional groups attached to an aromatic ring is 2. The van der Waals surface area contributed by atoms with Crippen molar-refractivity contribution >= 4 is 22.4 Å². The van der Waals surface area contributed by atoms with Gasteiger partial charge in [0.05, 0.1) is 12.4 Å². The van der Waals surface area contributed by atoms with Crippen LogP contribution in [0.25, 0.3) is 22.4 Å². The topological polar surface area (TPSA) is 113 Å². The van der Waals surface area contributed by atoms with Gasteiger partial charge in [-0.3, -0.25) is 0 Å². The van der Waals surface area contributed by atoms with Crippen LogP contribution in [-0.2, 0) is 0 Å². The Labute approximate surface area is 125 Å². The summed E-state index contributed by atoms with van der Waals surface area (Å²) in [5.74, 6) is 2.11. The molecule has 4 aromatic rings. The number of nitrogens with zero attached hydrogens (tertiary/aromatic N) is 6. The number of nitrogens with two attached hydrogens (primary N) is 2. The zero-order valence-corrected chi connectivity index (χ0v) is 11.5. The van der Waals surface area contributed by atoms with Crippen LogP contribution in [0, 0.1) is 0 Å².